The lowest BCUT2D eigenvalue weighted by molar-refractivity contribution is 0.576. The van der Waals surface area contributed by atoms with Gasteiger partial charge in [-0.1, -0.05) is 38.1 Å². The Morgan fingerprint density at radius 2 is 2.00 bits per heavy atom. The normalized spacial score (nSPS) is 12.4. The molecule has 0 aliphatic rings. The molecule has 0 aliphatic carbocycles. The second-order valence-electron chi connectivity index (χ2n) is 4.22. The Labute approximate surface area is 102 Å². The van der Waals surface area contributed by atoms with Gasteiger partial charge in [0.1, 0.15) is 12.0 Å². The molecule has 1 atom stereocenters. The molecule has 90 valence electrons. The van der Waals surface area contributed by atoms with Gasteiger partial charge < -0.3 is 9.73 Å². The Kier molecular flexibility index (Phi) is 3.47. The molecule has 0 amide bonds. The fourth-order valence-corrected chi connectivity index (χ4v) is 1.74. The number of anilines is 1. The van der Waals surface area contributed by atoms with Gasteiger partial charge in [-0.2, -0.15) is 4.98 Å². The highest BCUT2D eigenvalue weighted by Crippen LogP contribution is 2.24. The molecular weight excluding hydrogens is 212 g/mol. The van der Waals surface area contributed by atoms with Crippen molar-refractivity contribution in [3.63, 3.8) is 0 Å². The molecule has 1 aromatic carbocycles. The first-order chi connectivity index (χ1) is 8.24. The Bertz CT molecular complexity index is 473. The molecule has 2 rings (SSSR count). The molecule has 2 aromatic rings. The van der Waals surface area contributed by atoms with Gasteiger partial charge >= 0.3 is 0 Å². The minimum Gasteiger partial charge on any atom is -0.432 e. The zero-order chi connectivity index (χ0) is 12.3. The van der Waals surface area contributed by atoms with Gasteiger partial charge in [-0.05, 0) is 17.9 Å². The molecule has 1 heterocycles. The van der Waals surface area contributed by atoms with Crippen LogP contribution in [0.2, 0.25) is 0 Å². The Balaban J connectivity index is 2.22. The highest BCUT2D eigenvalue weighted by molar-refractivity contribution is 5.59. The van der Waals surface area contributed by atoms with Gasteiger partial charge in [-0.25, -0.2) is 0 Å². The van der Waals surface area contributed by atoms with E-state index in [1.54, 1.807) is 13.3 Å². The standard InChI is InChI=1S/C14H18N2O/c1-4-10(2)11-5-7-12(8-6-11)13-9-17-14(15-3)16-13/h5-10H,4H2,1-3H3,(H,15,16). The van der Waals surface area contributed by atoms with Gasteiger partial charge in [-0.15, -0.1) is 0 Å². The number of nitrogens with one attached hydrogen (secondary N) is 1. The van der Waals surface area contributed by atoms with E-state index in [1.165, 1.54) is 5.56 Å². The van der Waals surface area contributed by atoms with Crippen molar-refractivity contribution in [2.75, 3.05) is 12.4 Å². The number of hydrogen-bond acceptors (Lipinski definition) is 3. The third kappa shape index (κ3) is 2.49. The third-order valence-corrected chi connectivity index (χ3v) is 3.11. The average Bonchev–Trinajstić information content (AvgIpc) is 2.87. The van der Waals surface area contributed by atoms with E-state index in [1.807, 2.05) is 0 Å². The van der Waals surface area contributed by atoms with Crippen LogP contribution in [0, 0.1) is 0 Å². The SMILES string of the molecule is CCC(C)c1ccc(-c2coc(NC)n2)cc1. The zero-order valence-corrected chi connectivity index (χ0v) is 10.5. The van der Waals surface area contributed by atoms with Crippen LogP contribution in [0.5, 0.6) is 0 Å². The lowest BCUT2D eigenvalue weighted by atomic mass is 9.97. The second kappa shape index (κ2) is 5.04. The van der Waals surface area contributed by atoms with Crippen LogP contribution in [0.3, 0.4) is 0 Å². The largest absolute Gasteiger partial charge is 0.432 e. The highest BCUT2D eigenvalue weighted by Gasteiger charge is 2.06. The summed E-state index contributed by atoms with van der Waals surface area (Å²) in [4.78, 5) is 4.32. The van der Waals surface area contributed by atoms with Crippen molar-refractivity contribution in [2.24, 2.45) is 0 Å². The Hall–Kier alpha value is -1.77. The molecule has 0 fully saturated rings. The first kappa shape index (κ1) is 11.7. The summed E-state index contributed by atoms with van der Waals surface area (Å²) in [6.07, 6.45) is 2.83. The molecule has 0 saturated heterocycles. The van der Waals surface area contributed by atoms with Crippen molar-refractivity contribution in [2.45, 2.75) is 26.2 Å². The number of aromatic nitrogens is 1. The van der Waals surface area contributed by atoms with Gasteiger partial charge in [-0.3, -0.25) is 0 Å². The third-order valence-electron chi connectivity index (χ3n) is 3.11. The zero-order valence-electron chi connectivity index (χ0n) is 10.5. The first-order valence-electron chi connectivity index (χ1n) is 5.98. The molecule has 1 unspecified atom stereocenters. The summed E-state index contributed by atoms with van der Waals surface area (Å²) in [5.41, 5.74) is 3.32. The number of benzene rings is 1. The smallest absolute Gasteiger partial charge is 0.294 e. The number of hydrogen-bond donors (Lipinski definition) is 1. The van der Waals surface area contributed by atoms with E-state index in [9.17, 15) is 0 Å². The quantitative estimate of drug-likeness (QED) is 0.865. The summed E-state index contributed by atoms with van der Waals surface area (Å²) in [6.45, 7) is 4.44. The van der Waals surface area contributed by atoms with Gasteiger partial charge in [0.05, 0.1) is 0 Å². The van der Waals surface area contributed by atoms with E-state index >= 15 is 0 Å². The van der Waals surface area contributed by atoms with Crippen molar-refractivity contribution < 1.29 is 4.42 Å². The van der Waals surface area contributed by atoms with Gasteiger partial charge in [0.25, 0.3) is 6.01 Å². The maximum absolute atomic E-state index is 5.24. The van der Waals surface area contributed by atoms with Crippen LogP contribution in [-0.2, 0) is 0 Å². The van der Waals surface area contributed by atoms with Crippen molar-refractivity contribution >= 4 is 6.01 Å². The molecule has 1 aromatic heterocycles. The van der Waals surface area contributed by atoms with Crippen LogP contribution in [0.25, 0.3) is 11.3 Å². The summed E-state index contributed by atoms with van der Waals surface area (Å²) in [6, 6.07) is 9.07. The summed E-state index contributed by atoms with van der Waals surface area (Å²) in [5.74, 6) is 0.606. The van der Waals surface area contributed by atoms with Crippen LogP contribution in [0.1, 0.15) is 31.7 Å². The predicted molar refractivity (Wildman–Crippen MR) is 70.2 cm³/mol. The van der Waals surface area contributed by atoms with Gasteiger partial charge in [0.2, 0.25) is 0 Å². The molecule has 0 aliphatic heterocycles. The molecule has 0 radical (unpaired) electrons. The summed E-state index contributed by atoms with van der Waals surface area (Å²) in [7, 11) is 1.79. The molecule has 3 heteroatoms. The van der Waals surface area contributed by atoms with Gasteiger partial charge in [0.15, 0.2) is 0 Å². The van der Waals surface area contributed by atoms with E-state index in [2.05, 4.69) is 48.4 Å². The lowest BCUT2D eigenvalue weighted by Crippen LogP contribution is -1.91. The molecule has 0 saturated carbocycles. The minimum atomic E-state index is 0.547. The molecule has 17 heavy (non-hydrogen) atoms. The van der Waals surface area contributed by atoms with E-state index < -0.39 is 0 Å². The van der Waals surface area contributed by atoms with Crippen LogP contribution in [-0.4, -0.2) is 12.0 Å². The van der Waals surface area contributed by atoms with E-state index in [0.717, 1.165) is 17.7 Å². The fraction of sp³-hybridized carbons (Fsp3) is 0.357. The monoisotopic (exact) mass is 230 g/mol. The minimum absolute atomic E-state index is 0.547. The molecule has 0 bridgehead atoms. The van der Waals surface area contributed by atoms with Crippen molar-refractivity contribution in [1.82, 2.24) is 4.98 Å². The summed E-state index contributed by atoms with van der Waals surface area (Å²) < 4.78 is 5.24. The van der Waals surface area contributed by atoms with Crippen molar-refractivity contribution in [3.05, 3.63) is 36.1 Å². The lowest BCUT2D eigenvalue weighted by Gasteiger charge is -2.08. The van der Waals surface area contributed by atoms with E-state index in [4.69, 9.17) is 4.42 Å². The van der Waals surface area contributed by atoms with Crippen LogP contribution >= 0.6 is 0 Å². The average molecular weight is 230 g/mol. The van der Waals surface area contributed by atoms with Crippen LogP contribution < -0.4 is 5.32 Å². The molecule has 3 nitrogen and oxygen atoms in total. The maximum Gasteiger partial charge on any atom is 0.294 e. The Morgan fingerprint density at radius 1 is 1.29 bits per heavy atom. The summed E-state index contributed by atoms with van der Waals surface area (Å²) in [5, 5.41) is 2.88. The second-order valence-corrected chi connectivity index (χ2v) is 4.22. The highest BCUT2D eigenvalue weighted by atomic mass is 16.4. The topological polar surface area (TPSA) is 38.1 Å². The molecular formula is C14H18N2O. The Morgan fingerprint density at radius 3 is 2.53 bits per heavy atom. The van der Waals surface area contributed by atoms with Crippen LogP contribution in [0.15, 0.2) is 34.9 Å². The fourth-order valence-electron chi connectivity index (χ4n) is 1.74. The number of nitrogens with zero attached hydrogens (tertiary/aromatic N) is 1. The molecule has 0 spiro atoms. The number of rotatable bonds is 4. The number of oxazole rings is 1. The first-order valence-corrected chi connectivity index (χ1v) is 5.98. The van der Waals surface area contributed by atoms with Crippen LogP contribution in [0.4, 0.5) is 6.01 Å². The van der Waals surface area contributed by atoms with E-state index in [-0.39, 0.29) is 0 Å². The van der Waals surface area contributed by atoms with Crippen molar-refractivity contribution in [3.8, 4) is 11.3 Å². The predicted octanol–water partition coefficient (Wildman–Crippen LogP) is 3.90. The van der Waals surface area contributed by atoms with Crippen molar-refractivity contribution in [1.29, 1.82) is 0 Å². The van der Waals surface area contributed by atoms with E-state index in [0.29, 0.717) is 11.9 Å². The maximum atomic E-state index is 5.24. The summed E-state index contributed by atoms with van der Waals surface area (Å²) >= 11 is 0. The van der Waals surface area contributed by atoms with Gasteiger partial charge in [0, 0.05) is 12.6 Å². The molecule has 1 N–H and O–H groups in total.